The van der Waals surface area contributed by atoms with E-state index in [4.69, 9.17) is 28.3 Å². The average molecular weight is 341 g/mol. The van der Waals surface area contributed by atoms with Gasteiger partial charge in [-0.3, -0.25) is 10.1 Å². The topological polar surface area (TPSA) is 62.2 Å². The van der Waals surface area contributed by atoms with Gasteiger partial charge in [-0.15, -0.1) is 0 Å². The molecule has 7 heteroatoms. The maximum absolute atomic E-state index is 12.0. The van der Waals surface area contributed by atoms with Crippen molar-refractivity contribution in [2.24, 2.45) is 0 Å². The summed E-state index contributed by atoms with van der Waals surface area (Å²) in [7, 11) is 0. The largest absolute Gasteiger partial charge is 0.395 e. The van der Waals surface area contributed by atoms with E-state index in [1.54, 1.807) is 18.3 Å². The Kier molecular flexibility index (Phi) is 5.59. The summed E-state index contributed by atoms with van der Waals surface area (Å²) in [5.41, 5.74) is 0.396. The lowest BCUT2D eigenvalue weighted by molar-refractivity contribution is 0.102. The number of aromatic nitrogens is 1. The van der Waals surface area contributed by atoms with Gasteiger partial charge in [-0.05, 0) is 18.2 Å². The van der Waals surface area contributed by atoms with Crippen molar-refractivity contribution in [3.8, 4) is 11.8 Å². The number of nitrogens with zero attached hydrogens (tertiary/aromatic N) is 1. The number of rotatable bonds is 3. The lowest BCUT2D eigenvalue weighted by Gasteiger charge is -2.02. The molecule has 0 spiro atoms. The number of aliphatic hydroxyl groups excluding tert-OH is 1. The number of carbonyl (C=O) groups excluding carboxylic acids is 1. The second-order valence-corrected chi connectivity index (χ2v) is 5.73. The summed E-state index contributed by atoms with van der Waals surface area (Å²) >= 11 is 12.9. The van der Waals surface area contributed by atoms with Crippen molar-refractivity contribution in [3.63, 3.8) is 0 Å². The molecule has 0 saturated heterocycles. The van der Waals surface area contributed by atoms with Crippen LogP contribution in [0.2, 0.25) is 10.0 Å². The van der Waals surface area contributed by atoms with Gasteiger partial charge in [0.05, 0.1) is 27.7 Å². The van der Waals surface area contributed by atoms with Crippen molar-refractivity contribution in [1.29, 1.82) is 0 Å². The number of halogens is 2. The highest BCUT2D eigenvalue weighted by Gasteiger charge is 2.10. The molecule has 0 saturated carbocycles. The minimum absolute atomic E-state index is 0.0206. The molecule has 0 bridgehead atoms. The number of aliphatic hydroxyl groups is 1. The van der Waals surface area contributed by atoms with E-state index in [2.05, 4.69) is 22.1 Å². The molecule has 0 radical (unpaired) electrons. The van der Waals surface area contributed by atoms with E-state index in [0.717, 1.165) is 0 Å². The number of hydrogen-bond acceptors (Lipinski definition) is 4. The van der Waals surface area contributed by atoms with Crippen molar-refractivity contribution >= 4 is 45.6 Å². The number of benzene rings is 1. The van der Waals surface area contributed by atoms with Gasteiger partial charge in [0.15, 0.2) is 5.13 Å². The van der Waals surface area contributed by atoms with Gasteiger partial charge in [-0.1, -0.05) is 46.4 Å². The van der Waals surface area contributed by atoms with Gasteiger partial charge in [0.1, 0.15) is 0 Å². The van der Waals surface area contributed by atoms with Crippen LogP contribution in [0.25, 0.3) is 0 Å². The Morgan fingerprint density at radius 2 is 2.19 bits per heavy atom. The van der Waals surface area contributed by atoms with Crippen LogP contribution in [0.5, 0.6) is 0 Å². The quantitative estimate of drug-likeness (QED) is 0.841. The van der Waals surface area contributed by atoms with Gasteiger partial charge >= 0.3 is 0 Å². The number of nitrogens with one attached hydrogen (secondary N) is 1. The zero-order chi connectivity index (χ0) is 15.2. The molecule has 0 atom stereocenters. The van der Waals surface area contributed by atoms with Gasteiger partial charge in [-0.25, -0.2) is 4.98 Å². The van der Waals surface area contributed by atoms with Crippen LogP contribution in [0.3, 0.4) is 0 Å². The summed E-state index contributed by atoms with van der Waals surface area (Å²) in [6, 6.07) is 4.64. The van der Waals surface area contributed by atoms with Gasteiger partial charge in [0.25, 0.3) is 5.91 Å². The standard InChI is InChI=1S/C14H10Cl2N2O2S/c15-11-5-4-9(7-12(11)16)13(20)18-14-17-8-10(21-14)3-1-2-6-19/h4-5,7-8,19H,2,6H2,(H,17,18,20). The molecule has 21 heavy (non-hydrogen) atoms. The first kappa shape index (κ1) is 15.8. The Labute approximate surface area is 135 Å². The Hall–Kier alpha value is -1.58. The third kappa shape index (κ3) is 4.45. The molecule has 0 aliphatic rings. The first-order chi connectivity index (χ1) is 10.1. The van der Waals surface area contributed by atoms with Gasteiger partial charge in [0, 0.05) is 12.0 Å². The van der Waals surface area contributed by atoms with Crippen molar-refractivity contribution in [3.05, 3.63) is 44.9 Å². The van der Waals surface area contributed by atoms with Crippen molar-refractivity contribution in [2.45, 2.75) is 6.42 Å². The van der Waals surface area contributed by atoms with E-state index in [1.165, 1.54) is 17.4 Å². The molecule has 1 amide bonds. The first-order valence-corrected chi connectivity index (χ1v) is 7.49. The molecule has 2 N–H and O–H groups in total. The zero-order valence-corrected chi connectivity index (χ0v) is 13.0. The number of thiazole rings is 1. The fourth-order valence-corrected chi connectivity index (χ4v) is 2.39. The predicted octanol–water partition coefficient (Wildman–Crippen LogP) is 3.44. The summed E-state index contributed by atoms with van der Waals surface area (Å²) < 4.78 is 0. The van der Waals surface area contributed by atoms with Crippen LogP contribution in [-0.4, -0.2) is 22.6 Å². The smallest absolute Gasteiger partial charge is 0.257 e. The highest BCUT2D eigenvalue weighted by Crippen LogP contribution is 2.24. The number of carbonyl (C=O) groups is 1. The highest BCUT2D eigenvalue weighted by molar-refractivity contribution is 7.16. The fourth-order valence-electron chi connectivity index (χ4n) is 1.40. The fraction of sp³-hybridized carbons (Fsp3) is 0.143. The van der Waals surface area contributed by atoms with Crippen LogP contribution in [-0.2, 0) is 0 Å². The van der Waals surface area contributed by atoms with E-state index in [0.29, 0.717) is 32.0 Å². The van der Waals surface area contributed by atoms with Crippen LogP contribution in [0, 0.1) is 11.8 Å². The lowest BCUT2D eigenvalue weighted by atomic mass is 10.2. The normalized spacial score (nSPS) is 9.86. The summed E-state index contributed by atoms with van der Waals surface area (Å²) in [5, 5.41) is 12.5. The molecule has 0 fully saturated rings. The number of amides is 1. The molecule has 2 rings (SSSR count). The molecule has 0 unspecified atom stereocenters. The maximum atomic E-state index is 12.0. The summed E-state index contributed by atoms with van der Waals surface area (Å²) in [6.07, 6.45) is 1.97. The van der Waals surface area contributed by atoms with Crippen molar-refractivity contribution in [2.75, 3.05) is 11.9 Å². The summed E-state index contributed by atoms with van der Waals surface area (Å²) in [5.74, 6) is 5.32. The molecular formula is C14H10Cl2N2O2S. The zero-order valence-electron chi connectivity index (χ0n) is 10.7. The first-order valence-electron chi connectivity index (χ1n) is 5.92. The van der Waals surface area contributed by atoms with Crippen LogP contribution in [0.15, 0.2) is 24.4 Å². The summed E-state index contributed by atoms with van der Waals surface area (Å²) in [4.78, 5) is 16.8. The Bertz CT molecular complexity index is 719. The molecule has 1 aromatic heterocycles. The van der Waals surface area contributed by atoms with E-state index >= 15 is 0 Å². The number of anilines is 1. The second kappa shape index (κ2) is 7.43. The minimum atomic E-state index is -0.321. The highest BCUT2D eigenvalue weighted by atomic mass is 35.5. The van der Waals surface area contributed by atoms with E-state index in [1.807, 2.05) is 0 Å². The monoisotopic (exact) mass is 340 g/mol. The van der Waals surface area contributed by atoms with Crippen LogP contribution < -0.4 is 5.32 Å². The average Bonchev–Trinajstić information content (AvgIpc) is 2.89. The Morgan fingerprint density at radius 3 is 2.90 bits per heavy atom. The Balaban J connectivity index is 2.06. The minimum Gasteiger partial charge on any atom is -0.395 e. The van der Waals surface area contributed by atoms with Crippen LogP contribution >= 0.6 is 34.5 Å². The third-order valence-corrected chi connectivity index (χ3v) is 3.92. The summed E-state index contributed by atoms with van der Waals surface area (Å²) in [6.45, 7) is 0.0206. The molecule has 0 aliphatic carbocycles. The number of hydrogen-bond donors (Lipinski definition) is 2. The van der Waals surface area contributed by atoms with Gasteiger partial charge in [-0.2, -0.15) is 0 Å². The van der Waals surface area contributed by atoms with E-state index < -0.39 is 0 Å². The van der Waals surface area contributed by atoms with Crippen LogP contribution in [0.1, 0.15) is 21.7 Å². The Morgan fingerprint density at radius 1 is 1.38 bits per heavy atom. The van der Waals surface area contributed by atoms with Crippen molar-refractivity contribution in [1.82, 2.24) is 4.98 Å². The molecule has 2 aromatic rings. The molecule has 4 nitrogen and oxygen atoms in total. The third-order valence-electron chi connectivity index (χ3n) is 2.36. The van der Waals surface area contributed by atoms with Gasteiger partial charge < -0.3 is 5.11 Å². The van der Waals surface area contributed by atoms with Gasteiger partial charge in [0.2, 0.25) is 0 Å². The second-order valence-electron chi connectivity index (χ2n) is 3.89. The lowest BCUT2D eigenvalue weighted by Crippen LogP contribution is -2.11. The predicted molar refractivity (Wildman–Crippen MR) is 85.1 cm³/mol. The SMILES string of the molecule is O=C(Nc1ncc(C#CCCO)s1)c1ccc(Cl)c(Cl)c1. The molecular weight excluding hydrogens is 331 g/mol. The van der Waals surface area contributed by atoms with Crippen LogP contribution in [0.4, 0.5) is 5.13 Å². The van der Waals surface area contributed by atoms with E-state index in [-0.39, 0.29) is 12.5 Å². The van der Waals surface area contributed by atoms with E-state index in [9.17, 15) is 4.79 Å². The molecule has 1 heterocycles. The molecule has 1 aromatic carbocycles. The van der Waals surface area contributed by atoms with Crippen molar-refractivity contribution < 1.29 is 9.90 Å². The maximum Gasteiger partial charge on any atom is 0.257 e. The molecule has 0 aliphatic heterocycles. The molecule has 108 valence electrons.